The van der Waals surface area contributed by atoms with E-state index < -0.39 is 0 Å². The number of hydrogen-bond acceptors (Lipinski definition) is 5. The number of H-pyrrole nitrogens is 1. The number of rotatable bonds is 4. The van der Waals surface area contributed by atoms with Crippen LogP contribution in [0.1, 0.15) is 5.82 Å². The fourth-order valence-electron chi connectivity index (χ4n) is 1.74. The fraction of sp³-hybridized carbons (Fsp3) is 0.333. The van der Waals surface area contributed by atoms with E-state index in [0.717, 1.165) is 0 Å². The Hall–Kier alpha value is -2.08. The monoisotopic (exact) mass is 250 g/mol. The molecule has 0 radical (unpaired) electrons. The standard InChI is InChI=1S/C12H14N2O4/c1-17-9-5-7-8(6-10(9)18-2)13-11(3-4-15)14-12(7)16/h5-6,15H,3-4H2,1-2H3,(H,13,14,16). The molecule has 0 aliphatic heterocycles. The van der Waals surface area contributed by atoms with Crippen LogP contribution >= 0.6 is 0 Å². The van der Waals surface area contributed by atoms with Gasteiger partial charge in [-0.2, -0.15) is 0 Å². The summed E-state index contributed by atoms with van der Waals surface area (Å²) in [5.74, 6) is 1.44. The lowest BCUT2D eigenvalue weighted by Crippen LogP contribution is -2.13. The third-order valence-electron chi connectivity index (χ3n) is 2.61. The minimum absolute atomic E-state index is 0.0677. The zero-order valence-corrected chi connectivity index (χ0v) is 10.2. The highest BCUT2D eigenvalue weighted by Crippen LogP contribution is 2.29. The van der Waals surface area contributed by atoms with Gasteiger partial charge in [0.05, 0.1) is 31.7 Å². The van der Waals surface area contributed by atoms with Crippen molar-refractivity contribution in [2.45, 2.75) is 6.42 Å². The van der Waals surface area contributed by atoms with Crippen molar-refractivity contribution >= 4 is 10.9 Å². The van der Waals surface area contributed by atoms with Crippen LogP contribution in [0.4, 0.5) is 0 Å². The second-order valence-electron chi connectivity index (χ2n) is 3.71. The molecular weight excluding hydrogens is 236 g/mol. The smallest absolute Gasteiger partial charge is 0.258 e. The first-order valence-electron chi connectivity index (χ1n) is 5.45. The third kappa shape index (κ3) is 2.14. The van der Waals surface area contributed by atoms with Gasteiger partial charge >= 0.3 is 0 Å². The second kappa shape index (κ2) is 5.05. The van der Waals surface area contributed by atoms with Crippen LogP contribution < -0.4 is 15.0 Å². The number of nitrogens with one attached hydrogen (secondary N) is 1. The van der Waals surface area contributed by atoms with Crippen LogP contribution in [0.15, 0.2) is 16.9 Å². The van der Waals surface area contributed by atoms with Gasteiger partial charge in [-0.1, -0.05) is 0 Å². The highest BCUT2D eigenvalue weighted by Gasteiger charge is 2.10. The summed E-state index contributed by atoms with van der Waals surface area (Å²) in [6.45, 7) is -0.0677. The lowest BCUT2D eigenvalue weighted by atomic mass is 10.2. The number of nitrogens with zero attached hydrogens (tertiary/aromatic N) is 1. The van der Waals surface area contributed by atoms with Crippen LogP contribution in [0, 0.1) is 0 Å². The van der Waals surface area contributed by atoms with Gasteiger partial charge in [-0.05, 0) is 6.07 Å². The van der Waals surface area contributed by atoms with Crippen LogP contribution in [-0.4, -0.2) is 35.9 Å². The Balaban J connectivity index is 2.68. The van der Waals surface area contributed by atoms with E-state index in [0.29, 0.717) is 34.6 Å². The highest BCUT2D eigenvalue weighted by molar-refractivity contribution is 5.81. The summed E-state index contributed by atoms with van der Waals surface area (Å²) in [6.07, 6.45) is 0.305. The summed E-state index contributed by atoms with van der Waals surface area (Å²) in [4.78, 5) is 18.7. The molecule has 2 N–H and O–H groups in total. The zero-order valence-electron chi connectivity index (χ0n) is 10.2. The summed E-state index contributed by atoms with van der Waals surface area (Å²) in [5, 5.41) is 9.28. The number of ether oxygens (including phenoxy) is 2. The topological polar surface area (TPSA) is 84.4 Å². The lowest BCUT2D eigenvalue weighted by Gasteiger charge is -2.09. The summed E-state index contributed by atoms with van der Waals surface area (Å²) >= 11 is 0. The number of methoxy groups -OCH3 is 2. The molecule has 0 unspecified atom stereocenters. The van der Waals surface area contributed by atoms with Crippen molar-refractivity contribution in [3.05, 3.63) is 28.3 Å². The van der Waals surface area contributed by atoms with Crippen LogP contribution in [0.2, 0.25) is 0 Å². The summed E-state index contributed by atoms with van der Waals surface area (Å²) in [6, 6.07) is 3.23. The van der Waals surface area contributed by atoms with E-state index in [-0.39, 0.29) is 12.2 Å². The molecule has 1 aromatic carbocycles. The minimum atomic E-state index is -0.260. The van der Waals surface area contributed by atoms with Gasteiger partial charge in [-0.25, -0.2) is 4.98 Å². The Labute approximate surface area is 103 Å². The van der Waals surface area contributed by atoms with E-state index in [1.807, 2.05) is 0 Å². The van der Waals surface area contributed by atoms with Gasteiger partial charge in [0.1, 0.15) is 5.82 Å². The zero-order chi connectivity index (χ0) is 13.1. The van der Waals surface area contributed by atoms with Crippen molar-refractivity contribution in [1.29, 1.82) is 0 Å². The van der Waals surface area contributed by atoms with E-state index in [1.165, 1.54) is 14.2 Å². The van der Waals surface area contributed by atoms with Crippen LogP contribution in [0.5, 0.6) is 11.5 Å². The average Bonchev–Trinajstić information content (AvgIpc) is 2.37. The second-order valence-corrected chi connectivity index (χ2v) is 3.71. The minimum Gasteiger partial charge on any atom is -0.493 e. The predicted octanol–water partition coefficient (Wildman–Crippen LogP) is 0.475. The molecule has 0 amide bonds. The Morgan fingerprint density at radius 2 is 1.94 bits per heavy atom. The molecule has 0 atom stereocenters. The number of aromatic nitrogens is 2. The summed E-state index contributed by atoms with van der Waals surface area (Å²) < 4.78 is 10.3. The molecule has 1 heterocycles. The van der Waals surface area contributed by atoms with Gasteiger partial charge in [0.2, 0.25) is 0 Å². The van der Waals surface area contributed by atoms with E-state index >= 15 is 0 Å². The first-order chi connectivity index (χ1) is 8.69. The van der Waals surface area contributed by atoms with Gasteiger partial charge in [0, 0.05) is 12.5 Å². The molecular formula is C12H14N2O4. The van der Waals surface area contributed by atoms with Gasteiger partial charge in [-0.15, -0.1) is 0 Å². The van der Waals surface area contributed by atoms with Crippen molar-refractivity contribution in [3.63, 3.8) is 0 Å². The van der Waals surface area contributed by atoms with E-state index in [4.69, 9.17) is 14.6 Å². The van der Waals surface area contributed by atoms with E-state index in [2.05, 4.69) is 9.97 Å². The molecule has 6 heteroatoms. The molecule has 0 bridgehead atoms. The van der Waals surface area contributed by atoms with Crippen molar-refractivity contribution in [2.75, 3.05) is 20.8 Å². The molecule has 0 aliphatic carbocycles. The molecule has 0 spiro atoms. The van der Waals surface area contributed by atoms with Crippen LogP contribution in [0.3, 0.4) is 0 Å². The Morgan fingerprint density at radius 1 is 1.28 bits per heavy atom. The van der Waals surface area contributed by atoms with Crippen molar-refractivity contribution in [1.82, 2.24) is 9.97 Å². The maximum absolute atomic E-state index is 11.9. The number of aromatic amines is 1. The lowest BCUT2D eigenvalue weighted by molar-refractivity contribution is 0.296. The molecule has 2 rings (SSSR count). The normalized spacial score (nSPS) is 10.6. The first kappa shape index (κ1) is 12.4. The molecule has 0 aliphatic rings. The SMILES string of the molecule is COc1cc2nc(CCO)[nH]c(=O)c2cc1OC. The summed E-state index contributed by atoms with van der Waals surface area (Å²) in [5.41, 5.74) is 0.254. The molecule has 0 saturated carbocycles. The van der Waals surface area contributed by atoms with Crippen LogP contribution in [-0.2, 0) is 6.42 Å². The molecule has 18 heavy (non-hydrogen) atoms. The third-order valence-corrected chi connectivity index (χ3v) is 2.61. The maximum atomic E-state index is 11.9. The van der Waals surface area contributed by atoms with Gasteiger partial charge in [0.15, 0.2) is 11.5 Å². The van der Waals surface area contributed by atoms with Crippen molar-refractivity contribution in [3.8, 4) is 11.5 Å². The average molecular weight is 250 g/mol. The van der Waals surface area contributed by atoms with Crippen molar-refractivity contribution < 1.29 is 14.6 Å². The van der Waals surface area contributed by atoms with Crippen LogP contribution in [0.25, 0.3) is 10.9 Å². The van der Waals surface area contributed by atoms with Gasteiger partial charge in [-0.3, -0.25) is 4.79 Å². The Kier molecular flexibility index (Phi) is 3.47. The van der Waals surface area contributed by atoms with E-state index in [9.17, 15) is 4.79 Å². The van der Waals surface area contributed by atoms with E-state index in [1.54, 1.807) is 12.1 Å². The quantitative estimate of drug-likeness (QED) is 0.824. The number of benzene rings is 1. The van der Waals surface area contributed by atoms with Gasteiger partial charge < -0.3 is 19.6 Å². The predicted molar refractivity (Wildman–Crippen MR) is 66.3 cm³/mol. The highest BCUT2D eigenvalue weighted by atomic mass is 16.5. The molecule has 0 saturated heterocycles. The molecule has 1 aromatic heterocycles. The number of aliphatic hydroxyl groups excluding tert-OH is 1. The largest absolute Gasteiger partial charge is 0.493 e. The molecule has 2 aromatic rings. The Bertz CT molecular complexity index is 621. The van der Waals surface area contributed by atoms with Crippen molar-refractivity contribution in [2.24, 2.45) is 0 Å². The Morgan fingerprint density at radius 3 is 2.56 bits per heavy atom. The first-order valence-corrected chi connectivity index (χ1v) is 5.45. The molecule has 0 fully saturated rings. The molecule has 96 valence electrons. The maximum Gasteiger partial charge on any atom is 0.258 e. The molecule has 6 nitrogen and oxygen atoms in total. The fourth-order valence-corrected chi connectivity index (χ4v) is 1.74. The number of fused-ring (bicyclic) bond motifs is 1. The number of hydrogen-bond donors (Lipinski definition) is 2. The number of aliphatic hydroxyl groups is 1. The summed E-state index contributed by atoms with van der Waals surface area (Å²) in [7, 11) is 3.02. The van der Waals surface area contributed by atoms with Gasteiger partial charge in [0.25, 0.3) is 5.56 Å².